The molecule has 0 aliphatic carbocycles. The van der Waals surface area contributed by atoms with E-state index in [2.05, 4.69) is 55.5 Å². The molecule has 0 saturated carbocycles. The normalized spacial score (nSPS) is 11.9. The van der Waals surface area contributed by atoms with Crippen LogP contribution in [0.2, 0.25) is 10.0 Å². The summed E-state index contributed by atoms with van der Waals surface area (Å²) in [6, 6.07) is 11.2. The summed E-state index contributed by atoms with van der Waals surface area (Å²) < 4.78 is 2.08. The first kappa shape index (κ1) is 19.9. The van der Waals surface area contributed by atoms with Crippen molar-refractivity contribution in [2.75, 3.05) is 0 Å². The van der Waals surface area contributed by atoms with Gasteiger partial charge in [0.15, 0.2) is 4.80 Å². The molecule has 1 aromatic heterocycles. The second-order valence-corrected chi connectivity index (χ2v) is 8.40. The zero-order valence-corrected chi connectivity index (χ0v) is 18.0. The first-order valence-electron chi connectivity index (χ1n) is 8.63. The lowest BCUT2D eigenvalue weighted by atomic mass is 10.0. The van der Waals surface area contributed by atoms with Gasteiger partial charge in [-0.25, -0.2) is 0 Å². The van der Waals surface area contributed by atoms with E-state index in [0.717, 1.165) is 16.1 Å². The topological polar surface area (TPSA) is 34.4 Å². The van der Waals surface area contributed by atoms with Crippen LogP contribution in [-0.2, 0) is 6.54 Å². The molecular formula is C21H20Cl2N2OS. The Bertz CT molecular complexity index is 1100. The zero-order chi connectivity index (χ0) is 19.7. The van der Waals surface area contributed by atoms with E-state index in [4.69, 9.17) is 23.2 Å². The molecule has 0 unspecified atom stereocenters. The average Bonchev–Trinajstić information content (AvgIpc) is 2.92. The molecule has 3 rings (SSSR count). The summed E-state index contributed by atoms with van der Waals surface area (Å²) >= 11 is 13.6. The smallest absolute Gasteiger partial charge is 0.281 e. The number of hydrogen-bond acceptors (Lipinski definition) is 2. The van der Waals surface area contributed by atoms with Crippen LogP contribution in [0.4, 0.5) is 0 Å². The van der Waals surface area contributed by atoms with Crippen molar-refractivity contribution in [2.24, 2.45) is 4.99 Å². The Morgan fingerprint density at radius 2 is 1.81 bits per heavy atom. The molecule has 0 bridgehead atoms. The highest BCUT2D eigenvalue weighted by atomic mass is 35.5. The number of carbonyl (C=O) groups excluding carboxylic acids is 1. The molecule has 1 heterocycles. The highest BCUT2D eigenvalue weighted by Crippen LogP contribution is 2.27. The summed E-state index contributed by atoms with van der Waals surface area (Å²) in [7, 11) is 0. The number of hydrogen-bond donors (Lipinski definition) is 0. The molecule has 0 saturated heterocycles. The monoisotopic (exact) mass is 418 g/mol. The van der Waals surface area contributed by atoms with Gasteiger partial charge in [0.05, 0.1) is 16.3 Å². The van der Waals surface area contributed by atoms with Gasteiger partial charge in [-0.15, -0.1) is 11.3 Å². The molecule has 6 heteroatoms. The van der Waals surface area contributed by atoms with Crippen LogP contribution in [0.15, 0.2) is 41.4 Å². The van der Waals surface area contributed by atoms with E-state index in [1.165, 1.54) is 22.5 Å². The van der Waals surface area contributed by atoms with Gasteiger partial charge < -0.3 is 4.57 Å². The van der Waals surface area contributed by atoms with Crippen LogP contribution < -0.4 is 4.80 Å². The summed E-state index contributed by atoms with van der Waals surface area (Å²) in [4.78, 5) is 18.8. The second-order valence-electron chi connectivity index (χ2n) is 6.37. The summed E-state index contributed by atoms with van der Waals surface area (Å²) in [5, 5.41) is 0.797. The van der Waals surface area contributed by atoms with Crippen molar-refractivity contribution in [2.45, 2.75) is 34.2 Å². The Balaban J connectivity index is 2.13. The molecule has 0 N–H and O–H groups in total. The maximum atomic E-state index is 12.7. The quantitative estimate of drug-likeness (QED) is 0.497. The van der Waals surface area contributed by atoms with Gasteiger partial charge in [0.1, 0.15) is 0 Å². The van der Waals surface area contributed by atoms with Gasteiger partial charge in [-0.05, 0) is 68.7 Å². The molecule has 0 aliphatic rings. The number of aromatic nitrogens is 1. The molecular weight excluding hydrogens is 399 g/mol. The third-order valence-corrected chi connectivity index (χ3v) is 6.08. The van der Waals surface area contributed by atoms with Crippen molar-refractivity contribution < 1.29 is 4.79 Å². The van der Waals surface area contributed by atoms with E-state index in [0.29, 0.717) is 27.0 Å². The van der Waals surface area contributed by atoms with Gasteiger partial charge in [0.2, 0.25) is 0 Å². The van der Waals surface area contributed by atoms with E-state index in [-0.39, 0.29) is 5.91 Å². The highest BCUT2D eigenvalue weighted by molar-refractivity contribution is 7.09. The van der Waals surface area contributed by atoms with E-state index in [1.54, 1.807) is 18.2 Å². The maximum Gasteiger partial charge on any atom is 0.281 e. The van der Waals surface area contributed by atoms with E-state index in [9.17, 15) is 4.79 Å². The van der Waals surface area contributed by atoms with Gasteiger partial charge >= 0.3 is 0 Å². The highest BCUT2D eigenvalue weighted by Gasteiger charge is 2.15. The van der Waals surface area contributed by atoms with Gasteiger partial charge in [-0.1, -0.05) is 35.3 Å². The predicted molar refractivity (Wildman–Crippen MR) is 114 cm³/mol. The number of carbonyl (C=O) groups is 1. The lowest BCUT2D eigenvalue weighted by Crippen LogP contribution is -2.17. The summed E-state index contributed by atoms with van der Waals surface area (Å²) in [6.45, 7) is 9.03. The molecule has 0 aliphatic heterocycles. The summed E-state index contributed by atoms with van der Waals surface area (Å²) in [6.07, 6.45) is 0. The first-order chi connectivity index (χ1) is 12.8. The third-order valence-electron chi connectivity index (χ3n) is 4.53. The van der Waals surface area contributed by atoms with E-state index < -0.39 is 0 Å². The van der Waals surface area contributed by atoms with Crippen molar-refractivity contribution in [3.05, 3.63) is 72.8 Å². The maximum absolute atomic E-state index is 12.7. The number of thiazole rings is 1. The molecule has 0 atom stereocenters. The molecule has 140 valence electrons. The molecule has 0 spiro atoms. The third kappa shape index (κ3) is 4.03. The Morgan fingerprint density at radius 3 is 2.44 bits per heavy atom. The minimum atomic E-state index is -0.369. The van der Waals surface area contributed by atoms with Gasteiger partial charge in [0.25, 0.3) is 5.91 Å². The van der Waals surface area contributed by atoms with Gasteiger partial charge in [0, 0.05) is 16.4 Å². The number of aryl methyl sites for hydroxylation is 3. The summed E-state index contributed by atoms with van der Waals surface area (Å²) in [5.41, 5.74) is 5.07. The first-order valence-corrected chi connectivity index (χ1v) is 10.2. The fourth-order valence-electron chi connectivity index (χ4n) is 2.96. The van der Waals surface area contributed by atoms with Crippen LogP contribution in [0, 0.1) is 20.8 Å². The van der Waals surface area contributed by atoms with E-state index >= 15 is 0 Å². The Kier molecular flexibility index (Phi) is 5.89. The second kappa shape index (κ2) is 8.01. The van der Waals surface area contributed by atoms with Crippen molar-refractivity contribution >= 4 is 40.4 Å². The Labute approximate surface area is 172 Å². The number of benzene rings is 2. The van der Waals surface area contributed by atoms with Crippen LogP contribution in [0.3, 0.4) is 0 Å². The Hall–Kier alpha value is -1.88. The molecule has 0 fully saturated rings. The zero-order valence-electron chi connectivity index (χ0n) is 15.6. The predicted octanol–water partition coefficient (Wildman–Crippen LogP) is 6.21. The SMILES string of the molecule is CCn1c(-c2ccc(C)c(C)c2)c(C)sc1=NC(=O)c1ccc(Cl)cc1Cl. The minimum Gasteiger partial charge on any atom is -0.316 e. The molecule has 27 heavy (non-hydrogen) atoms. The fourth-order valence-corrected chi connectivity index (χ4v) is 4.51. The lowest BCUT2D eigenvalue weighted by molar-refractivity contribution is 0.0998. The number of rotatable bonds is 3. The molecule has 2 aromatic carbocycles. The number of nitrogens with zero attached hydrogens (tertiary/aromatic N) is 2. The van der Waals surface area contributed by atoms with Crippen molar-refractivity contribution in [1.82, 2.24) is 4.57 Å². The van der Waals surface area contributed by atoms with Crippen molar-refractivity contribution in [3.63, 3.8) is 0 Å². The van der Waals surface area contributed by atoms with Crippen LogP contribution in [0.25, 0.3) is 11.3 Å². The van der Waals surface area contributed by atoms with Crippen LogP contribution in [0.5, 0.6) is 0 Å². The standard InChI is InChI=1S/C21H20Cl2N2OS/c1-5-25-19(15-7-6-12(2)13(3)10-15)14(4)27-21(25)24-20(26)17-9-8-16(22)11-18(17)23/h6-11H,5H2,1-4H3. The van der Waals surface area contributed by atoms with Gasteiger partial charge in [-0.3, -0.25) is 4.79 Å². The minimum absolute atomic E-state index is 0.307. The molecule has 1 amide bonds. The van der Waals surface area contributed by atoms with E-state index in [1.807, 2.05) is 0 Å². The van der Waals surface area contributed by atoms with Gasteiger partial charge in [-0.2, -0.15) is 4.99 Å². The number of halogens is 2. The largest absolute Gasteiger partial charge is 0.316 e. The van der Waals surface area contributed by atoms with Crippen LogP contribution >= 0.6 is 34.5 Å². The average molecular weight is 419 g/mol. The van der Waals surface area contributed by atoms with Crippen LogP contribution in [-0.4, -0.2) is 10.5 Å². The fraction of sp³-hybridized carbons (Fsp3) is 0.238. The molecule has 3 aromatic rings. The molecule has 0 radical (unpaired) electrons. The number of amides is 1. The summed E-state index contributed by atoms with van der Waals surface area (Å²) in [5.74, 6) is -0.369. The molecule has 3 nitrogen and oxygen atoms in total. The van der Waals surface area contributed by atoms with Crippen molar-refractivity contribution in [3.8, 4) is 11.3 Å². The van der Waals surface area contributed by atoms with Crippen molar-refractivity contribution in [1.29, 1.82) is 0 Å². The Morgan fingerprint density at radius 1 is 1.07 bits per heavy atom. The lowest BCUT2D eigenvalue weighted by Gasteiger charge is -2.10. The van der Waals surface area contributed by atoms with Crippen LogP contribution in [0.1, 0.15) is 33.3 Å².